The van der Waals surface area contributed by atoms with Crippen LogP contribution in [0.5, 0.6) is 0 Å². The molecule has 0 aliphatic heterocycles. The highest BCUT2D eigenvalue weighted by Crippen LogP contribution is 2.66. The van der Waals surface area contributed by atoms with Crippen molar-refractivity contribution in [3.05, 3.63) is 210 Å². The molecule has 0 radical (unpaired) electrons. The lowest BCUT2D eigenvalue weighted by molar-refractivity contribution is 0.800. The van der Waals surface area contributed by atoms with Crippen LogP contribution in [-0.4, -0.2) is 4.98 Å². The Morgan fingerprint density at radius 2 is 0.944 bits per heavy atom. The van der Waals surface area contributed by atoms with E-state index in [0.717, 1.165) is 5.69 Å². The van der Waals surface area contributed by atoms with Crippen LogP contribution < -0.4 is 0 Å². The molecule has 0 N–H and O–H groups in total. The molecule has 0 saturated heterocycles. The number of hydrogen-bond acceptors (Lipinski definition) is 2. The van der Waals surface area contributed by atoms with Crippen LogP contribution in [0.25, 0.3) is 86.7 Å². The third-order valence-electron chi connectivity index (χ3n) is 11.9. The van der Waals surface area contributed by atoms with E-state index >= 15 is 0 Å². The molecule has 8 aromatic carbocycles. The van der Waals surface area contributed by atoms with E-state index in [-0.39, 0.29) is 0 Å². The maximum Gasteiger partial charge on any atom is 0.0756 e. The number of fused-ring (bicyclic) bond motifs is 14. The summed E-state index contributed by atoms with van der Waals surface area (Å²) in [5.74, 6) is 0. The Labute approximate surface area is 317 Å². The fraction of sp³-hybridized carbons (Fsp3) is 0.0192. The molecule has 0 bridgehead atoms. The normalized spacial score (nSPS) is 15.1. The summed E-state index contributed by atoms with van der Waals surface area (Å²) in [5, 5.41) is 6.37. The van der Waals surface area contributed by atoms with Gasteiger partial charge in [-0.1, -0.05) is 164 Å². The van der Waals surface area contributed by atoms with Crippen LogP contribution >= 0.6 is 11.3 Å². The summed E-state index contributed by atoms with van der Waals surface area (Å²) in [5.41, 5.74) is 16.0. The smallest absolute Gasteiger partial charge is 0.0756 e. The Kier molecular flexibility index (Phi) is 6.20. The van der Waals surface area contributed by atoms with Crippen LogP contribution in [0.4, 0.5) is 0 Å². The molecule has 0 saturated carbocycles. The van der Waals surface area contributed by atoms with Crippen LogP contribution in [0, 0.1) is 0 Å². The number of pyridine rings is 1. The topological polar surface area (TPSA) is 12.9 Å². The van der Waals surface area contributed by atoms with Gasteiger partial charge in [-0.05, 0) is 106 Å². The van der Waals surface area contributed by atoms with E-state index in [1.807, 2.05) is 17.5 Å². The maximum atomic E-state index is 5.11. The zero-order chi connectivity index (χ0) is 35.4. The first-order chi connectivity index (χ1) is 26.8. The molecule has 12 rings (SSSR count). The second-order valence-corrected chi connectivity index (χ2v) is 15.6. The standard InChI is InChI=1S/C52H31NS/c1-2-13-32(14-3-1)33-24-26-34(27-25-33)47-36-15-4-6-17-38(36)48(39-18-7-5-16-37(39)47)35-28-29-40-45(31-35)52(44-22-12-30-53-50(40)44)43-21-10-8-19-41(43)51-49(52)42-20-9-11-23-46(42)54-51/h1-31H. The Bertz CT molecular complexity index is 3100. The van der Waals surface area contributed by atoms with Gasteiger partial charge in [0, 0.05) is 21.3 Å². The molecule has 1 atom stereocenters. The van der Waals surface area contributed by atoms with E-state index < -0.39 is 5.41 Å². The highest BCUT2D eigenvalue weighted by atomic mass is 32.1. The van der Waals surface area contributed by atoms with Crippen LogP contribution in [0.3, 0.4) is 0 Å². The van der Waals surface area contributed by atoms with Crippen molar-refractivity contribution in [1.82, 2.24) is 4.98 Å². The molecule has 0 fully saturated rings. The van der Waals surface area contributed by atoms with Gasteiger partial charge in [0.05, 0.1) is 11.1 Å². The number of rotatable bonds is 3. The summed E-state index contributed by atoms with van der Waals surface area (Å²) in [6.45, 7) is 0. The number of hydrogen-bond donors (Lipinski definition) is 0. The van der Waals surface area contributed by atoms with E-state index in [1.165, 1.54) is 103 Å². The molecular formula is C52H31NS. The highest BCUT2D eigenvalue weighted by Gasteiger charge is 2.54. The first kappa shape index (κ1) is 29.9. The molecule has 2 heteroatoms. The van der Waals surface area contributed by atoms with Gasteiger partial charge < -0.3 is 0 Å². The zero-order valence-corrected chi connectivity index (χ0v) is 30.1. The second-order valence-electron chi connectivity index (χ2n) is 14.5. The molecular weight excluding hydrogens is 671 g/mol. The summed E-state index contributed by atoms with van der Waals surface area (Å²) in [6.07, 6.45) is 1.95. The molecule has 2 aromatic heterocycles. The van der Waals surface area contributed by atoms with Gasteiger partial charge in [-0.2, -0.15) is 0 Å². The molecule has 10 aromatic rings. The summed E-state index contributed by atoms with van der Waals surface area (Å²) >= 11 is 1.92. The maximum absolute atomic E-state index is 5.11. The van der Waals surface area contributed by atoms with Crippen molar-refractivity contribution in [3.63, 3.8) is 0 Å². The van der Waals surface area contributed by atoms with Crippen molar-refractivity contribution >= 4 is 43.0 Å². The van der Waals surface area contributed by atoms with Gasteiger partial charge in [-0.15, -0.1) is 11.3 Å². The van der Waals surface area contributed by atoms with Gasteiger partial charge in [-0.25, -0.2) is 0 Å². The first-order valence-electron chi connectivity index (χ1n) is 18.6. The first-order valence-corrected chi connectivity index (χ1v) is 19.4. The predicted octanol–water partition coefficient (Wildman–Crippen LogP) is 13.9. The van der Waals surface area contributed by atoms with Gasteiger partial charge in [-0.3, -0.25) is 4.98 Å². The molecule has 2 aliphatic carbocycles. The summed E-state index contributed by atoms with van der Waals surface area (Å²) < 4.78 is 1.33. The van der Waals surface area contributed by atoms with Crippen LogP contribution in [0.15, 0.2) is 188 Å². The summed E-state index contributed by atoms with van der Waals surface area (Å²) in [6, 6.07) is 67.4. The third kappa shape index (κ3) is 3.90. The Morgan fingerprint density at radius 1 is 0.389 bits per heavy atom. The third-order valence-corrected chi connectivity index (χ3v) is 13.1. The lowest BCUT2D eigenvalue weighted by Gasteiger charge is -2.30. The lowest BCUT2D eigenvalue weighted by Crippen LogP contribution is -2.26. The van der Waals surface area contributed by atoms with Crippen LogP contribution in [-0.2, 0) is 5.41 Å². The molecule has 2 heterocycles. The quantitative estimate of drug-likeness (QED) is 0.167. The highest BCUT2D eigenvalue weighted by molar-refractivity contribution is 7.22. The summed E-state index contributed by atoms with van der Waals surface area (Å²) in [7, 11) is 0. The van der Waals surface area contributed by atoms with E-state index in [0.29, 0.717) is 0 Å². The fourth-order valence-corrected chi connectivity index (χ4v) is 11.1. The number of nitrogens with zero attached hydrogens (tertiary/aromatic N) is 1. The van der Waals surface area contributed by atoms with Gasteiger partial charge in [0.2, 0.25) is 0 Å². The van der Waals surface area contributed by atoms with E-state index in [9.17, 15) is 0 Å². The SMILES string of the molecule is c1ccc(-c2ccc(-c3c4ccccc4c(-c4ccc5c(c4)C4(c6ccccc6-c6sc7ccccc7c64)c4cccnc4-5)c4ccccc34)cc2)cc1. The Hall–Kier alpha value is -6.61. The van der Waals surface area contributed by atoms with Crippen molar-refractivity contribution in [1.29, 1.82) is 0 Å². The average Bonchev–Trinajstić information content (AvgIpc) is 3.87. The molecule has 54 heavy (non-hydrogen) atoms. The van der Waals surface area contributed by atoms with Crippen molar-refractivity contribution in [2.75, 3.05) is 0 Å². The summed E-state index contributed by atoms with van der Waals surface area (Å²) in [4.78, 5) is 6.48. The molecule has 250 valence electrons. The minimum absolute atomic E-state index is 0.466. The second kappa shape index (κ2) is 11.2. The fourth-order valence-electron chi connectivity index (χ4n) is 9.80. The van der Waals surface area contributed by atoms with Crippen LogP contribution in [0.1, 0.15) is 22.3 Å². The molecule has 0 amide bonds. The minimum Gasteiger partial charge on any atom is -0.256 e. The number of benzene rings is 8. The van der Waals surface area contributed by atoms with Gasteiger partial charge in [0.1, 0.15) is 0 Å². The predicted molar refractivity (Wildman–Crippen MR) is 227 cm³/mol. The molecule has 2 aliphatic rings. The Balaban J connectivity index is 1.14. The molecule has 1 nitrogen and oxygen atoms in total. The van der Waals surface area contributed by atoms with E-state index in [4.69, 9.17) is 4.98 Å². The monoisotopic (exact) mass is 701 g/mol. The zero-order valence-electron chi connectivity index (χ0n) is 29.3. The van der Waals surface area contributed by atoms with E-state index in [2.05, 4.69) is 182 Å². The van der Waals surface area contributed by atoms with Gasteiger partial charge in [0.25, 0.3) is 0 Å². The van der Waals surface area contributed by atoms with Crippen molar-refractivity contribution < 1.29 is 0 Å². The average molecular weight is 702 g/mol. The molecule has 1 unspecified atom stereocenters. The number of thiophene rings is 1. The van der Waals surface area contributed by atoms with Gasteiger partial charge >= 0.3 is 0 Å². The molecule has 1 spiro atoms. The van der Waals surface area contributed by atoms with E-state index in [1.54, 1.807) is 0 Å². The van der Waals surface area contributed by atoms with Crippen molar-refractivity contribution in [2.24, 2.45) is 0 Å². The largest absolute Gasteiger partial charge is 0.256 e. The van der Waals surface area contributed by atoms with Crippen molar-refractivity contribution in [2.45, 2.75) is 5.41 Å². The van der Waals surface area contributed by atoms with Crippen LogP contribution in [0.2, 0.25) is 0 Å². The minimum atomic E-state index is -0.466. The van der Waals surface area contributed by atoms with Crippen molar-refractivity contribution in [3.8, 4) is 55.1 Å². The Morgan fingerprint density at radius 3 is 1.69 bits per heavy atom. The number of aromatic nitrogens is 1. The lowest BCUT2D eigenvalue weighted by atomic mass is 9.70. The van der Waals surface area contributed by atoms with Gasteiger partial charge in [0.15, 0.2) is 0 Å².